The number of hydrogen-bond donors (Lipinski definition) is 1. The van der Waals surface area contributed by atoms with Crippen molar-refractivity contribution in [3.63, 3.8) is 0 Å². The molecule has 1 aromatic rings. The van der Waals surface area contributed by atoms with Gasteiger partial charge in [-0.05, 0) is 6.42 Å². The summed E-state index contributed by atoms with van der Waals surface area (Å²) in [5, 5.41) is 4.46. The van der Waals surface area contributed by atoms with Gasteiger partial charge in [-0.1, -0.05) is 6.92 Å². The molecule has 0 bridgehead atoms. The molecule has 108 valence electrons. The second kappa shape index (κ2) is 7.79. The average Bonchev–Trinajstić information content (AvgIpc) is 2.92. The van der Waals surface area contributed by atoms with Gasteiger partial charge in [0.15, 0.2) is 5.13 Å². The van der Waals surface area contributed by atoms with Crippen molar-refractivity contribution in [1.29, 1.82) is 0 Å². The van der Waals surface area contributed by atoms with E-state index in [0.29, 0.717) is 6.10 Å². The minimum Gasteiger partial charge on any atom is -0.383 e. The Hall–Kier alpha value is -0.690. The summed E-state index contributed by atoms with van der Waals surface area (Å²) in [6.07, 6.45) is 3.38. The van der Waals surface area contributed by atoms with Crippen LogP contribution in [-0.2, 0) is 16.0 Å². The molecular weight excluding hydrogens is 262 g/mol. The van der Waals surface area contributed by atoms with Gasteiger partial charge in [-0.25, -0.2) is 4.98 Å². The Labute approximate surface area is 118 Å². The molecule has 1 unspecified atom stereocenters. The smallest absolute Gasteiger partial charge is 0.185 e. The first-order valence-electron chi connectivity index (χ1n) is 6.84. The average molecular weight is 285 g/mol. The van der Waals surface area contributed by atoms with E-state index in [-0.39, 0.29) is 0 Å². The Morgan fingerprint density at radius 2 is 2.53 bits per heavy atom. The third-order valence-electron chi connectivity index (χ3n) is 3.19. The van der Waals surface area contributed by atoms with Crippen LogP contribution in [0, 0.1) is 0 Å². The molecule has 0 aromatic carbocycles. The van der Waals surface area contributed by atoms with E-state index in [2.05, 4.69) is 22.1 Å². The summed E-state index contributed by atoms with van der Waals surface area (Å²) in [6.45, 7) is 7.36. The Morgan fingerprint density at radius 1 is 1.63 bits per heavy atom. The monoisotopic (exact) mass is 285 g/mol. The number of thiazole rings is 1. The van der Waals surface area contributed by atoms with Crippen LogP contribution in [0.2, 0.25) is 0 Å². The predicted molar refractivity (Wildman–Crippen MR) is 77.9 cm³/mol. The molecule has 19 heavy (non-hydrogen) atoms. The highest BCUT2D eigenvalue weighted by Crippen LogP contribution is 2.24. The molecule has 2 rings (SSSR count). The van der Waals surface area contributed by atoms with Gasteiger partial charge in [-0.2, -0.15) is 0 Å². The summed E-state index contributed by atoms with van der Waals surface area (Å²) >= 11 is 1.77. The van der Waals surface area contributed by atoms with Crippen LogP contribution < -0.4 is 10.2 Å². The molecule has 0 aliphatic carbocycles. The Bertz CT molecular complexity index is 373. The molecule has 0 saturated carbocycles. The molecule has 1 saturated heterocycles. The first-order chi connectivity index (χ1) is 9.33. The first-order valence-corrected chi connectivity index (χ1v) is 7.66. The summed E-state index contributed by atoms with van der Waals surface area (Å²) in [4.78, 5) is 8.13. The van der Waals surface area contributed by atoms with Crippen LogP contribution >= 0.6 is 11.3 Å². The van der Waals surface area contributed by atoms with Crippen molar-refractivity contribution in [3.8, 4) is 0 Å². The van der Waals surface area contributed by atoms with E-state index < -0.39 is 0 Å². The second-order valence-electron chi connectivity index (χ2n) is 4.63. The van der Waals surface area contributed by atoms with E-state index in [0.717, 1.165) is 50.9 Å². The van der Waals surface area contributed by atoms with Crippen molar-refractivity contribution in [1.82, 2.24) is 10.3 Å². The fraction of sp³-hybridized carbons (Fsp3) is 0.769. The SMILES string of the molecule is CCC1CN(c2ncc(CNCCOC)s2)CCO1. The van der Waals surface area contributed by atoms with Crippen molar-refractivity contribution >= 4 is 16.5 Å². The zero-order chi connectivity index (χ0) is 13.5. The normalized spacial score (nSPS) is 19.9. The van der Waals surface area contributed by atoms with Crippen molar-refractivity contribution in [2.24, 2.45) is 0 Å². The third-order valence-corrected chi connectivity index (χ3v) is 4.25. The number of rotatable bonds is 7. The number of ether oxygens (including phenoxy) is 2. The highest BCUT2D eigenvalue weighted by Gasteiger charge is 2.21. The van der Waals surface area contributed by atoms with Crippen LogP contribution in [0.3, 0.4) is 0 Å². The zero-order valence-electron chi connectivity index (χ0n) is 11.7. The molecule has 0 radical (unpaired) electrons. The second-order valence-corrected chi connectivity index (χ2v) is 5.72. The molecular formula is C13H23N3O2S. The van der Waals surface area contributed by atoms with Crippen molar-refractivity contribution < 1.29 is 9.47 Å². The van der Waals surface area contributed by atoms with Gasteiger partial charge in [-0.15, -0.1) is 11.3 Å². The molecule has 1 fully saturated rings. The van der Waals surface area contributed by atoms with Crippen molar-refractivity contribution in [2.75, 3.05) is 44.9 Å². The number of anilines is 1. The van der Waals surface area contributed by atoms with Gasteiger partial charge >= 0.3 is 0 Å². The van der Waals surface area contributed by atoms with E-state index in [1.165, 1.54) is 4.88 Å². The van der Waals surface area contributed by atoms with E-state index in [1.807, 2.05) is 6.20 Å². The van der Waals surface area contributed by atoms with Crippen LogP contribution in [-0.4, -0.2) is 51.0 Å². The first kappa shape index (κ1) is 14.7. The lowest BCUT2D eigenvalue weighted by Crippen LogP contribution is -2.42. The Morgan fingerprint density at radius 3 is 3.32 bits per heavy atom. The van der Waals surface area contributed by atoms with E-state index in [1.54, 1.807) is 18.4 Å². The van der Waals surface area contributed by atoms with E-state index >= 15 is 0 Å². The van der Waals surface area contributed by atoms with Gasteiger partial charge in [0.2, 0.25) is 0 Å². The van der Waals surface area contributed by atoms with Crippen molar-refractivity contribution in [2.45, 2.75) is 26.0 Å². The number of hydrogen-bond acceptors (Lipinski definition) is 6. The predicted octanol–water partition coefficient (Wildman–Crippen LogP) is 1.49. The Kier molecular flexibility index (Phi) is 6.03. The van der Waals surface area contributed by atoms with Gasteiger partial charge in [-0.3, -0.25) is 0 Å². The summed E-state index contributed by atoms with van der Waals surface area (Å²) in [5.74, 6) is 0. The molecule has 1 aliphatic heterocycles. The van der Waals surface area contributed by atoms with Crippen LogP contribution in [0.1, 0.15) is 18.2 Å². The summed E-state index contributed by atoms with van der Waals surface area (Å²) < 4.78 is 10.7. The lowest BCUT2D eigenvalue weighted by Gasteiger charge is -2.32. The maximum absolute atomic E-state index is 5.69. The largest absolute Gasteiger partial charge is 0.383 e. The maximum Gasteiger partial charge on any atom is 0.185 e. The lowest BCUT2D eigenvalue weighted by atomic mass is 10.2. The highest BCUT2D eigenvalue weighted by atomic mass is 32.1. The fourth-order valence-corrected chi connectivity index (χ4v) is 2.97. The number of methoxy groups -OCH3 is 1. The van der Waals surface area contributed by atoms with Crippen LogP contribution in [0.4, 0.5) is 5.13 Å². The fourth-order valence-electron chi connectivity index (χ4n) is 2.05. The van der Waals surface area contributed by atoms with Gasteiger partial charge < -0.3 is 19.7 Å². The molecule has 1 aliphatic rings. The van der Waals surface area contributed by atoms with E-state index in [9.17, 15) is 0 Å². The lowest BCUT2D eigenvalue weighted by molar-refractivity contribution is 0.0384. The van der Waals surface area contributed by atoms with Gasteiger partial charge in [0, 0.05) is 44.4 Å². The zero-order valence-corrected chi connectivity index (χ0v) is 12.5. The van der Waals surface area contributed by atoms with E-state index in [4.69, 9.17) is 9.47 Å². The van der Waals surface area contributed by atoms with Crippen molar-refractivity contribution in [3.05, 3.63) is 11.1 Å². The van der Waals surface area contributed by atoms with Gasteiger partial charge in [0.05, 0.1) is 19.3 Å². The highest BCUT2D eigenvalue weighted by molar-refractivity contribution is 7.15. The molecule has 1 aromatic heterocycles. The molecule has 5 nitrogen and oxygen atoms in total. The molecule has 0 amide bonds. The number of aromatic nitrogens is 1. The molecule has 1 N–H and O–H groups in total. The van der Waals surface area contributed by atoms with Gasteiger partial charge in [0.1, 0.15) is 0 Å². The van der Waals surface area contributed by atoms with Crippen LogP contribution in [0.15, 0.2) is 6.20 Å². The minimum absolute atomic E-state index is 0.348. The molecule has 1 atom stereocenters. The van der Waals surface area contributed by atoms with Gasteiger partial charge in [0.25, 0.3) is 0 Å². The minimum atomic E-state index is 0.348. The maximum atomic E-state index is 5.69. The summed E-state index contributed by atoms with van der Waals surface area (Å²) in [5.41, 5.74) is 0. The Balaban J connectivity index is 1.82. The quantitative estimate of drug-likeness (QED) is 0.769. The number of nitrogens with zero attached hydrogens (tertiary/aromatic N) is 2. The third kappa shape index (κ3) is 4.42. The number of morpholine rings is 1. The molecule has 6 heteroatoms. The standard InChI is InChI=1S/C13H23N3O2S/c1-3-11-10-16(5-7-18-11)13-15-9-12(19-13)8-14-4-6-17-2/h9,11,14H,3-8,10H2,1-2H3. The molecule has 0 spiro atoms. The van der Waals surface area contributed by atoms with Crippen LogP contribution in [0.5, 0.6) is 0 Å². The summed E-state index contributed by atoms with van der Waals surface area (Å²) in [7, 11) is 1.72. The summed E-state index contributed by atoms with van der Waals surface area (Å²) in [6, 6.07) is 0. The van der Waals surface area contributed by atoms with Crippen LogP contribution in [0.25, 0.3) is 0 Å². The molecule has 2 heterocycles. The topological polar surface area (TPSA) is 46.6 Å². The number of nitrogens with one attached hydrogen (secondary N) is 1.